The van der Waals surface area contributed by atoms with Gasteiger partial charge in [-0.1, -0.05) is 0 Å². The monoisotopic (exact) mass is 252 g/mol. The Bertz CT molecular complexity index is 417. The summed E-state index contributed by atoms with van der Waals surface area (Å²) in [5, 5.41) is 11.4. The second kappa shape index (κ2) is 6.61. The van der Waals surface area contributed by atoms with Crippen LogP contribution in [0.5, 0.6) is 0 Å². The largest absolute Gasteiger partial charge is 0.480 e. The first-order valence-electron chi connectivity index (χ1n) is 5.42. The van der Waals surface area contributed by atoms with Crippen LogP contribution >= 0.6 is 0 Å². The van der Waals surface area contributed by atoms with Crippen molar-refractivity contribution in [1.82, 2.24) is 5.32 Å². The van der Waals surface area contributed by atoms with E-state index in [0.717, 1.165) is 0 Å². The fourth-order valence-electron chi connectivity index (χ4n) is 1.37. The van der Waals surface area contributed by atoms with Crippen LogP contribution in [0.15, 0.2) is 24.3 Å². The lowest BCUT2D eigenvalue weighted by atomic mass is 10.1. The molecule has 0 radical (unpaired) electrons. The van der Waals surface area contributed by atoms with Crippen LogP contribution in [0.1, 0.15) is 16.8 Å². The fraction of sp³-hybridized carbons (Fsp3) is 0.333. The highest BCUT2D eigenvalue weighted by atomic mass is 16.5. The molecule has 0 bridgehead atoms. The van der Waals surface area contributed by atoms with Crippen LogP contribution in [-0.2, 0) is 9.53 Å². The summed E-state index contributed by atoms with van der Waals surface area (Å²) < 4.78 is 4.79. The number of ether oxygens (including phenoxy) is 1. The quantitative estimate of drug-likeness (QED) is 0.639. The van der Waals surface area contributed by atoms with Gasteiger partial charge in [-0.3, -0.25) is 4.79 Å². The number of methoxy groups -OCH3 is 1. The summed E-state index contributed by atoms with van der Waals surface area (Å²) in [5.41, 5.74) is 6.41. The van der Waals surface area contributed by atoms with Crippen molar-refractivity contribution in [3.8, 4) is 0 Å². The maximum Gasteiger partial charge on any atom is 0.326 e. The minimum absolute atomic E-state index is 0.215. The molecule has 0 heterocycles. The number of nitrogens with two attached hydrogens (primary N) is 1. The molecule has 0 aromatic heterocycles. The molecule has 1 aromatic rings. The molecule has 0 aliphatic heterocycles. The Hall–Kier alpha value is -2.08. The number of hydrogen-bond donors (Lipinski definition) is 3. The lowest BCUT2D eigenvalue weighted by Crippen LogP contribution is -2.41. The molecular formula is C12H16N2O4. The number of amides is 1. The molecule has 98 valence electrons. The van der Waals surface area contributed by atoms with Crippen LogP contribution in [0, 0.1) is 0 Å². The maximum atomic E-state index is 11.8. The van der Waals surface area contributed by atoms with E-state index in [1.807, 2.05) is 0 Å². The molecule has 0 aliphatic carbocycles. The summed E-state index contributed by atoms with van der Waals surface area (Å²) >= 11 is 0. The first kappa shape index (κ1) is 14.0. The van der Waals surface area contributed by atoms with Crippen molar-refractivity contribution >= 4 is 17.6 Å². The summed E-state index contributed by atoms with van der Waals surface area (Å²) in [4.78, 5) is 22.7. The summed E-state index contributed by atoms with van der Waals surface area (Å²) in [5.74, 6) is -1.53. The molecule has 0 aliphatic rings. The van der Waals surface area contributed by atoms with E-state index in [1.165, 1.54) is 7.11 Å². The van der Waals surface area contributed by atoms with E-state index in [2.05, 4.69) is 5.32 Å². The van der Waals surface area contributed by atoms with Crippen LogP contribution in [0.2, 0.25) is 0 Å². The van der Waals surface area contributed by atoms with Crippen molar-refractivity contribution < 1.29 is 19.4 Å². The Kier molecular flexibility index (Phi) is 5.13. The molecule has 18 heavy (non-hydrogen) atoms. The fourth-order valence-corrected chi connectivity index (χ4v) is 1.37. The molecule has 6 heteroatoms. The van der Waals surface area contributed by atoms with Gasteiger partial charge in [0.25, 0.3) is 5.91 Å². The highest BCUT2D eigenvalue weighted by Gasteiger charge is 2.20. The normalized spacial score (nSPS) is 11.8. The third-order valence-electron chi connectivity index (χ3n) is 2.39. The number of rotatable bonds is 6. The number of carboxylic acid groups (broad SMARTS) is 1. The molecule has 1 aromatic carbocycles. The Balaban J connectivity index is 2.66. The van der Waals surface area contributed by atoms with Crippen LogP contribution in [-0.4, -0.2) is 36.7 Å². The number of carbonyl (C=O) groups excluding carboxylic acids is 1. The minimum atomic E-state index is -1.09. The van der Waals surface area contributed by atoms with E-state index in [-0.39, 0.29) is 13.0 Å². The van der Waals surface area contributed by atoms with Crippen molar-refractivity contribution in [2.24, 2.45) is 0 Å². The number of benzene rings is 1. The van der Waals surface area contributed by atoms with Gasteiger partial charge in [0.2, 0.25) is 0 Å². The van der Waals surface area contributed by atoms with E-state index in [1.54, 1.807) is 24.3 Å². The molecule has 0 saturated carbocycles. The maximum absolute atomic E-state index is 11.8. The van der Waals surface area contributed by atoms with Gasteiger partial charge in [-0.15, -0.1) is 0 Å². The second-order valence-electron chi connectivity index (χ2n) is 3.77. The molecule has 0 fully saturated rings. The highest BCUT2D eigenvalue weighted by molar-refractivity contribution is 5.96. The standard InChI is InChI=1S/C12H16N2O4/c1-18-7-6-10(12(16)17)14-11(15)8-2-4-9(13)5-3-8/h2-5,10H,6-7,13H2,1H3,(H,14,15)(H,16,17). The van der Waals surface area contributed by atoms with Gasteiger partial charge in [0.05, 0.1) is 0 Å². The van der Waals surface area contributed by atoms with Gasteiger partial charge in [-0.25, -0.2) is 4.79 Å². The van der Waals surface area contributed by atoms with Gasteiger partial charge in [-0.05, 0) is 24.3 Å². The van der Waals surface area contributed by atoms with Crippen molar-refractivity contribution in [3.05, 3.63) is 29.8 Å². The predicted molar refractivity (Wildman–Crippen MR) is 66.2 cm³/mol. The molecule has 1 amide bonds. The van der Waals surface area contributed by atoms with Gasteiger partial charge >= 0.3 is 5.97 Å². The minimum Gasteiger partial charge on any atom is -0.480 e. The van der Waals surface area contributed by atoms with Crippen molar-refractivity contribution in [3.63, 3.8) is 0 Å². The SMILES string of the molecule is COCCC(NC(=O)c1ccc(N)cc1)C(=O)O. The summed E-state index contributed by atoms with van der Waals surface area (Å²) in [7, 11) is 1.47. The third-order valence-corrected chi connectivity index (χ3v) is 2.39. The molecule has 1 rings (SSSR count). The van der Waals surface area contributed by atoms with Crippen LogP contribution < -0.4 is 11.1 Å². The van der Waals surface area contributed by atoms with E-state index >= 15 is 0 Å². The van der Waals surface area contributed by atoms with Crippen LogP contribution in [0.25, 0.3) is 0 Å². The molecule has 0 saturated heterocycles. The molecule has 1 unspecified atom stereocenters. The van der Waals surface area contributed by atoms with E-state index in [9.17, 15) is 9.59 Å². The first-order valence-corrected chi connectivity index (χ1v) is 5.42. The molecular weight excluding hydrogens is 236 g/mol. The first-order chi connectivity index (χ1) is 8.54. The number of hydrogen-bond acceptors (Lipinski definition) is 4. The zero-order valence-electron chi connectivity index (χ0n) is 10.1. The van der Waals surface area contributed by atoms with Crippen molar-refractivity contribution in [2.45, 2.75) is 12.5 Å². The molecule has 0 spiro atoms. The number of nitrogens with one attached hydrogen (secondary N) is 1. The van der Waals surface area contributed by atoms with E-state index in [0.29, 0.717) is 11.3 Å². The van der Waals surface area contributed by atoms with Crippen molar-refractivity contribution in [2.75, 3.05) is 19.5 Å². The van der Waals surface area contributed by atoms with Gasteiger partial charge in [0.1, 0.15) is 6.04 Å². The zero-order valence-corrected chi connectivity index (χ0v) is 10.1. The topological polar surface area (TPSA) is 102 Å². The molecule has 4 N–H and O–H groups in total. The smallest absolute Gasteiger partial charge is 0.326 e. The Morgan fingerprint density at radius 1 is 1.39 bits per heavy atom. The summed E-state index contributed by atoms with van der Waals surface area (Å²) in [6.07, 6.45) is 0.215. The number of anilines is 1. The zero-order chi connectivity index (χ0) is 13.5. The van der Waals surface area contributed by atoms with Gasteiger partial charge in [-0.2, -0.15) is 0 Å². The van der Waals surface area contributed by atoms with E-state index < -0.39 is 17.9 Å². The number of carbonyl (C=O) groups is 2. The van der Waals surface area contributed by atoms with Crippen LogP contribution in [0.3, 0.4) is 0 Å². The van der Waals surface area contributed by atoms with Gasteiger partial charge < -0.3 is 20.9 Å². The van der Waals surface area contributed by atoms with Crippen molar-refractivity contribution in [1.29, 1.82) is 0 Å². The molecule has 6 nitrogen and oxygen atoms in total. The third kappa shape index (κ3) is 4.06. The van der Waals surface area contributed by atoms with E-state index in [4.69, 9.17) is 15.6 Å². The average molecular weight is 252 g/mol. The number of carboxylic acids is 1. The highest BCUT2D eigenvalue weighted by Crippen LogP contribution is 2.06. The van der Waals surface area contributed by atoms with Gasteiger partial charge in [0, 0.05) is 31.4 Å². The summed E-state index contributed by atoms with van der Waals surface area (Å²) in [6.45, 7) is 0.263. The van der Waals surface area contributed by atoms with Crippen LogP contribution in [0.4, 0.5) is 5.69 Å². The number of aliphatic carboxylic acids is 1. The number of nitrogen functional groups attached to an aromatic ring is 1. The Labute approximate surface area is 105 Å². The molecule has 1 atom stereocenters. The second-order valence-corrected chi connectivity index (χ2v) is 3.77. The lowest BCUT2D eigenvalue weighted by Gasteiger charge is -2.14. The lowest BCUT2D eigenvalue weighted by molar-refractivity contribution is -0.139. The predicted octanol–water partition coefficient (Wildman–Crippen LogP) is 0.488. The Morgan fingerprint density at radius 2 is 2.00 bits per heavy atom. The summed E-state index contributed by atoms with van der Waals surface area (Å²) in [6, 6.07) is 5.29. The van der Waals surface area contributed by atoms with Gasteiger partial charge in [0.15, 0.2) is 0 Å². The Morgan fingerprint density at radius 3 is 2.50 bits per heavy atom. The average Bonchev–Trinajstić information content (AvgIpc) is 2.34.